The van der Waals surface area contributed by atoms with Crippen LogP contribution >= 0.6 is 0 Å². The van der Waals surface area contributed by atoms with Gasteiger partial charge in [-0.25, -0.2) is 9.59 Å². The van der Waals surface area contributed by atoms with E-state index < -0.39 is 52.8 Å². The van der Waals surface area contributed by atoms with Gasteiger partial charge in [-0.2, -0.15) is 0 Å². The van der Waals surface area contributed by atoms with E-state index in [1.54, 1.807) is 25.2 Å². The van der Waals surface area contributed by atoms with Crippen LogP contribution in [0.1, 0.15) is 46.5 Å². The Morgan fingerprint density at radius 2 is 1.92 bits per heavy atom. The fraction of sp³-hybridized carbons (Fsp3) is 0.655. The van der Waals surface area contributed by atoms with Gasteiger partial charge in [0.05, 0.1) is 43.5 Å². The smallest absolute Gasteiger partial charge is 0.331 e. The summed E-state index contributed by atoms with van der Waals surface area (Å²) in [4.78, 5) is 25.9. The minimum Gasteiger partial charge on any atom is -0.462 e. The molecule has 1 saturated carbocycles. The second-order valence-corrected chi connectivity index (χ2v) is 11.4. The van der Waals surface area contributed by atoms with Crippen LogP contribution in [0, 0.1) is 10.8 Å². The van der Waals surface area contributed by atoms with Crippen molar-refractivity contribution in [3.8, 4) is 0 Å². The highest BCUT2D eigenvalue weighted by atomic mass is 16.6. The van der Waals surface area contributed by atoms with Gasteiger partial charge in [0, 0.05) is 24.0 Å². The third-order valence-corrected chi connectivity index (χ3v) is 9.32. The van der Waals surface area contributed by atoms with Gasteiger partial charge in [-0.1, -0.05) is 36.8 Å². The van der Waals surface area contributed by atoms with Gasteiger partial charge >= 0.3 is 11.9 Å². The Morgan fingerprint density at radius 3 is 2.63 bits per heavy atom. The number of allylic oxidation sites excluding steroid dienone is 2. The first-order valence-corrected chi connectivity index (χ1v) is 13.4. The molecule has 8 atom stereocenters. The van der Waals surface area contributed by atoms with Gasteiger partial charge in [-0.15, -0.1) is 0 Å². The molecule has 0 radical (unpaired) electrons. The Kier molecular flexibility index (Phi) is 7.43. The summed E-state index contributed by atoms with van der Waals surface area (Å²) in [5, 5.41) is 19.9. The van der Waals surface area contributed by atoms with E-state index in [-0.39, 0.29) is 19.3 Å². The summed E-state index contributed by atoms with van der Waals surface area (Å²) in [6, 6.07) is 0. The number of hydrogen-bond donors (Lipinski definition) is 2. The van der Waals surface area contributed by atoms with Crippen molar-refractivity contribution in [2.75, 3.05) is 26.4 Å². The van der Waals surface area contributed by atoms with Crippen LogP contribution < -0.4 is 0 Å². The Morgan fingerprint density at radius 1 is 1.13 bits per heavy atom. The molecule has 1 unspecified atom stereocenters. The molecule has 2 spiro atoms. The lowest BCUT2D eigenvalue weighted by Crippen LogP contribution is -2.66. The SMILES string of the molecule is C/C1=C/C(=O)OC[C@]23CCC(CO)=C[C@H]2O[C@@H]2C[C@@H](OC(=O)/C=C\C=C/C([C@@H](C)O)OCC1)[C@@]3(C)[C@]21CO1. The van der Waals surface area contributed by atoms with E-state index in [0.29, 0.717) is 38.9 Å². The monoisotopic (exact) mass is 530 g/mol. The second kappa shape index (κ2) is 10.4. The molecule has 3 fully saturated rings. The van der Waals surface area contributed by atoms with E-state index in [0.717, 1.165) is 11.1 Å². The van der Waals surface area contributed by atoms with Crippen LogP contribution in [0.15, 0.2) is 47.6 Å². The third-order valence-electron chi connectivity index (χ3n) is 9.32. The van der Waals surface area contributed by atoms with Gasteiger partial charge in [0.25, 0.3) is 0 Å². The zero-order valence-corrected chi connectivity index (χ0v) is 22.3. The molecule has 9 nitrogen and oxygen atoms in total. The van der Waals surface area contributed by atoms with Crippen molar-refractivity contribution in [2.24, 2.45) is 10.8 Å². The Labute approximate surface area is 223 Å². The molecule has 0 aromatic carbocycles. The molecule has 5 aliphatic rings. The van der Waals surface area contributed by atoms with Crippen LogP contribution in [0.5, 0.6) is 0 Å². The van der Waals surface area contributed by atoms with E-state index in [2.05, 4.69) is 6.92 Å². The molecule has 0 aromatic heterocycles. The number of carbonyl (C=O) groups is 2. The van der Waals surface area contributed by atoms with Crippen molar-refractivity contribution < 1.29 is 43.5 Å². The molecule has 0 amide bonds. The molecule has 3 aliphatic heterocycles. The first kappa shape index (κ1) is 27.3. The number of epoxide rings is 1. The summed E-state index contributed by atoms with van der Waals surface area (Å²) in [5.41, 5.74) is -0.328. The number of rotatable bonds is 2. The maximum absolute atomic E-state index is 12.9. The quantitative estimate of drug-likeness (QED) is 0.314. The minimum atomic E-state index is -0.751. The van der Waals surface area contributed by atoms with Crippen molar-refractivity contribution >= 4 is 11.9 Å². The average Bonchev–Trinajstić information content (AvgIpc) is 3.66. The fourth-order valence-electron chi connectivity index (χ4n) is 6.90. The lowest BCUT2D eigenvalue weighted by Gasteiger charge is -2.58. The second-order valence-electron chi connectivity index (χ2n) is 11.4. The third kappa shape index (κ3) is 4.48. The molecule has 38 heavy (non-hydrogen) atoms. The van der Waals surface area contributed by atoms with Crippen LogP contribution in [0.4, 0.5) is 0 Å². The highest BCUT2D eigenvalue weighted by molar-refractivity contribution is 5.83. The number of carbonyl (C=O) groups excluding carboxylic acids is 2. The van der Waals surface area contributed by atoms with E-state index >= 15 is 0 Å². The van der Waals surface area contributed by atoms with E-state index in [9.17, 15) is 19.8 Å². The first-order valence-electron chi connectivity index (χ1n) is 13.4. The predicted molar refractivity (Wildman–Crippen MR) is 136 cm³/mol. The van der Waals surface area contributed by atoms with Crippen LogP contribution in [0.2, 0.25) is 0 Å². The summed E-state index contributed by atoms with van der Waals surface area (Å²) in [7, 11) is 0. The lowest BCUT2D eigenvalue weighted by atomic mass is 9.51. The Balaban J connectivity index is 1.52. The number of aliphatic hydroxyl groups is 2. The van der Waals surface area contributed by atoms with Crippen molar-refractivity contribution in [1.29, 1.82) is 0 Å². The van der Waals surface area contributed by atoms with Gasteiger partial charge in [-0.3, -0.25) is 0 Å². The number of esters is 2. The molecule has 5 rings (SSSR count). The lowest BCUT2D eigenvalue weighted by molar-refractivity contribution is -0.232. The topological polar surface area (TPSA) is 124 Å². The van der Waals surface area contributed by atoms with Crippen molar-refractivity contribution in [3.05, 3.63) is 47.6 Å². The van der Waals surface area contributed by atoms with Crippen molar-refractivity contribution in [2.45, 2.75) is 82.6 Å². The van der Waals surface area contributed by atoms with E-state index in [1.807, 2.05) is 13.0 Å². The number of aliphatic hydroxyl groups excluding tert-OH is 2. The zero-order chi connectivity index (χ0) is 27.1. The van der Waals surface area contributed by atoms with Crippen LogP contribution in [-0.2, 0) is 33.3 Å². The normalized spacial score (nSPS) is 45.3. The molecular formula is C29H38O9. The number of hydrogen-bond acceptors (Lipinski definition) is 9. The highest BCUT2D eigenvalue weighted by Gasteiger charge is 2.83. The summed E-state index contributed by atoms with van der Waals surface area (Å²) in [6.07, 6.45) is 9.34. The highest BCUT2D eigenvalue weighted by Crippen LogP contribution is 2.72. The van der Waals surface area contributed by atoms with Gasteiger partial charge < -0.3 is 33.9 Å². The van der Waals surface area contributed by atoms with Gasteiger partial charge in [0.1, 0.15) is 24.4 Å². The molecule has 208 valence electrons. The maximum atomic E-state index is 12.9. The fourth-order valence-corrected chi connectivity index (χ4v) is 6.90. The molecule has 2 N–H and O–H groups in total. The minimum absolute atomic E-state index is 0.0601. The van der Waals surface area contributed by atoms with E-state index in [1.165, 1.54) is 12.2 Å². The van der Waals surface area contributed by atoms with E-state index in [4.69, 9.17) is 23.7 Å². The number of ether oxygens (including phenoxy) is 5. The Bertz CT molecular complexity index is 1070. The standard InChI is InChI=1S/C29H38O9/c1-18-9-11-34-21(19(2)31)6-4-5-7-25(32)38-22-14-24-29(17-36-29)27(22,3)28(16-35-26(33)12-18)10-8-20(15-30)13-23(28)37-24/h4-7,12-13,19,21-24,30-31H,8-11,14-17H2,1-3H3/b6-4-,7-5-,18-12-/t19-,21?,22-,23-,24-,27-,28-,29+/m1/s1. The molecular weight excluding hydrogens is 492 g/mol. The summed E-state index contributed by atoms with van der Waals surface area (Å²) >= 11 is 0. The van der Waals surface area contributed by atoms with Crippen LogP contribution in [0.3, 0.4) is 0 Å². The van der Waals surface area contributed by atoms with Crippen molar-refractivity contribution in [3.63, 3.8) is 0 Å². The summed E-state index contributed by atoms with van der Waals surface area (Å²) < 4.78 is 30.4. The zero-order valence-electron chi connectivity index (χ0n) is 22.3. The molecule has 2 bridgehead atoms. The summed E-state index contributed by atoms with van der Waals surface area (Å²) in [6.45, 7) is 6.34. The Hall–Kier alpha value is -2.30. The maximum Gasteiger partial charge on any atom is 0.331 e. The van der Waals surface area contributed by atoms with Gasteiger partial charge in [0.15, 0.2) is 0 Å². The largest absolute Gasteiger partial charge is 0.462 e. The van der Waals surface area contributed by atoms with Crippen molar-refractivity contribution in [1.82, 2.24) is 0 Å². The molecule has 9 heteroatoms. The molecule has 3 heterocycles. The van der Waals surface area contributed by atoms with Gasteiger partial charge in [0.2, 0.25) is 0 Å². The molecule has 0 aromatic rings. The number of cyclic esters (lactones) is 1. The molecule has 2 aliphatic carbocycles. The first-order chi connectivity index (χ1) is 18.1. The summed E-state index contributed by atoms with van der Waals surface area (Å²) in [5.74, 6) is -0.962. The van der Waals surface area contributed by atoms with Crippen LogP contribution in [-0.4, -0.2) is 84.7 Å². The molecule has 2 saturated heterocycles. The average molecular weight is 531 g/mol. The van der Waals surface area contributed by atoms with Crippen LogP contribution in [0.25, 0.3) is 0 Å². The predicted octanol–water partition coefficient (Wildman–Crippen LogP) is 2.32. The van der Waals surface area contributed by atoms with Gasteiger partial charge in [-0.05, 0) is 38.7 Å².